The van der Waals surface area contributed by atoms with Crippen LogP contribution in [0.15, 0.2) is 48.9 Å². The van der Waals surface area contributed by atoms with Crippen molar-refractivity contribution in [2.75, 3.05) is 5.75 Å². The highest BCUT2D eigenvalue weighted by molar-refractivity contribution is 7.85. The molecule has 5 rings (SSSR count). The van der Waals surface area contributed by atoms with E-state index in [1.807, 2.05) is 12.1 Å². The lowest BCUT2D eigenvalue weighted by Gasteiger charge is -2.22. The largest absolute Gasteiger partial charge is 0.613 e. The van der Waals surface area contributed by atoms with Crippen molar-refractivity contribution in [1.82, 2.24) is 15.0 Å². The minimum atomic E-state index is -4.32. The van der Waals surface area contributed by atoms with Crippen molar-refractivity contribution in [3.05, 3.63) is 82.6 Å². The number of pyridine rings is 2. The Labute approximate surface area is 212 Å². The fourth-order valence-corrected chi connectivity index (χ4v) is 5.57. The standard InChI is InChI=1S/C26H24F2N4O4S/c1-2-3-10-37(35,36)32(34)22-7-6-20(27)23(24(22)28)25(33)19-14-31-26-18(19)11-17(13-30-26)16-8-9-29-21(12-16)15-4-5-15/h6-9,11-15,32H,2-5,10H2,1H3,(H,30,31). The van der Waals surface area contributed by atoms with Crippen molar-refractivity contribution in [3.63, 3.8) is 0 Å². The Hall–Kier alpha value is -3.54. The lowest BCUT2D eigenvalue weighted by atomic mass is 9.99. The molecule has 0 aliphatic heterocycles. The SMILES string of the molecule is CCCCS(=O)(=O)[NH+]([O-])c1ccc(F)c(C(=O)c2c[nH]c3ncc(-c4ccnc(C5CC5)c4)cc23)c1F. The minimum absolute atomic E-state index is 0.0583. The fourth-order valence-electron chi connectivity index (χ4n) is 4.23. The zero-order valence-corrected chi connectivity index (χ0v) is 20.7. The van der Waals surface area contributed by atoms with Crippen LogP contribution in [0, 0.1) is 16.8 Å². The summed E-state index contributed by atoms with van der Waals surface area (Å²) in [4.78, 5) is 24.9. The maximum atomic E-state index is 15.4. The van der Waals surface area contributed by atoms with E-state index in [1.54, 1.807) is 25.4 Å². The maximum Gasteiger partial charge on any atom is 0.300 e. The normalized spacial score (nSPS) is 14.7. The van der Waals surface area contributed by atoms with Gasteiger partial charge in [0.2, 0.25) is 5.78 Å². The molecule has 4 aromatic rings. The molecule has 1 fully saturated rings. The topological polar surface area (TPSA) is 120 Å². The summed E-state index contributed by atoms with van der Waals surface area (Å²) >= 11 is 0. The van der Waals surface area contributed by atoms with Gasteiger partial charge in [-0.15, -0.1) is 0 Å². The second-order valence-corrected chi connectivity index (χ2v) is 11.1. The van der Waals surface area contributed by atoms with Gasteiger partial charge in [-0.1, -0.05) is 13.3 Å². The van der Waals surface area contributed by atoms with E-state index in [9.17, 15) is 22.8 Å². The number of sulfonamides is 1. The minimum Gasteiger partial charge on any atom is -0.613 e. The Morgan fingerprint density at radius 2 is 1.95 bits per heavy atom. The molecule has 0 radical (unpaired) electrons. The van der Waals surface area contributed by atoms with E-state index in [0.29, 0.717) is 28.9 Å². The summed E-state index contributed by atoms with van der Waals surface area (Å²) in [5.74, 6) is -3.76. The van der Waals surface area contributed by atoms with Gasteiger partial charge in [0.05, 0.1) is 0 Å². The van der Waals surface area contributed by atoms with E-state index >= 15 is 4.39 Å². The number of fused-ring (bicyclic) bond motifs is 1. The number of benzene rings is 1. The Bertz CT molecular complexity index is 1620. The third-order valence-electron chi connectivity index (χ3n) is 6.47. The van der Waals surface area contributed by atoms with Gasteiger partial charge in [0.25, 0.3) is 10.0 Å². The highest BCUT2D eigenvalue weighted by Crippen LogP contribution is 2.40. The number of nitrogens with one attached hydrogen (secondary N) is 2. The van der Waals surface area contributed by atoms with Crippen LogP contribution in [0.1, 0.15) is 60.1 Å². The first-order chi connectivity index (χ1) is 17.7. The molecule has 1 atom stereocenters. The van der Waals surface area contributed by atoms with Gasteiger partial charge in [-0.3, -0.25) is 9.78 Å². The van der Waals surface area contributed by atoms with Gasteiger partial charge in [0.15, 0.2) is 11.5 Å². The third-order valence-corrected chi connectivity index (χ3v) is 8.08. The summed E-state index contributed by atoms with van der Waals surface area (Å²) in [6, 6.07) is 6.95. The lowest BCUT2D eigenvalue weighted by molar-refractivity contribution is -0.626. The van der Waals surface area contributed by atoms with E-state index in [4.69, 9.17) is 0 Å². The summed E-state index contributed by atoms with van der Waals surface area (Å²) < 4.78 is 53.3. The third kappa shape index (κ3) is 4.77. The zero-order valence-electron chi connectivity index (χ0n) is 19.9. The summed E-state index contributed by atoms with van der Waals surface area (Å²) in [6.07, 6.45) is 7.52. The Morgan fingerprint density at radius 1 is 1.16 bits per heavy atom. The number of unbranched alkanes of at least 4 members (excludes halogenated alkanes) is 1. The Morgan fingerprint density at radius 3 is 2.68 bits per heavy atom. The highest BCUT2D eigenvalue weighted by Gasteiger charge is 2.31. The van der Waals surface area contributed by atoms with Crippen LogP contribution in [0.25, 0.3) is 22.2 Å². The molecule has 37 heavy (non-hydrogen) atoms. The number of hydrogen-bond acceptors (Lipinski definition) is 6. The molecule has 0 spiro atoms. The number of halogens is 2. The smallest absolute Gasteiger partial charge is 0.300 e. The molecule has 8 nitrogen and oxygen atoms in total. The van der Waals surface area contributed by atoms with Crippen LogP contribution in [-0.2, 0) is 10.0 Å². The number of carbonyl (C=O) groups excluding carboxylic acids is 1. The molecule has 1 aliphatic carbocycles. The maximum absolute atomic E-state index is 15.4. The second kappa shape index (κ2) is 9.73. The predicted molar refractivity (Wildman–Crippen MR) is 134 cm³/mol. The number of ketones is 1. The molecular formula is C26H24F2N4O4S. The Kier molecular flexibility index (Phi) is 6.61. The molecule has 2 N–H and O–H groups in total. The highest BCUT2D eigenvalue weighted by atomic mass is 32.2. The molecular weight excluding hydrogens is 502 g/mol. The summed E-state index contributed by atoms with van der Waals surface area (Å²) in [6.45, 7) is 1.75. The molecule has 1 saturated carbocycles. The first-order valence-electron chi connectivity index (χ1n) is 11.9. The van der Waals surface area contributed by atoms with Gasteiger partial charge in [0.1, 0.15) is 22.8 Å². The number of quaternary nitrogens is 1. The molecule has 0 bridgehead atoms. The predicted octanol–water partition coefficient (Wildman–Crippen LogP) is 4.16. The van der Waals surface area contributed by atoms with Crippen LogP contribution in [-0.4, -0.2) is 34.9 Å². The van der Waals surface area contributed by atoms with Gasteiger partial charge in [-0.2, -0.15) is 12.8 Å². The molecule has 1 aromatic carbocycles. The van der Waals surface area contributed by atoms with Crippen LogP contribution in [0.3, 0.4) is 0 Å². The number of aromatic nitrogens is 3. The van der Waals surface area contributed by atoms with Crippen LogP contribution in [0.5, 0.6) is 0 Å². The molecule has 0 amide bonds. The van der Waals surface area contributed by atoms with Gasteiger partial charge < -0.3 is 10.2 Å². The quantitative estimate of drug-likeness (QED) is 0.250. The number of hydrogen-bond donors (Lipinski definition) is 2. The Balaban J connectivity index is 1.54. The van der Waals surface area contributed by atoms with Gasteiger partial charge in [0, 0.05) is 52.8 Å². The van der Waals surface area contributed by atoms with Crippen molar-refractivity contribution in [2.45, 2.75) is 38.5 Å². The van der Waals surface area contributed by atoms with Gasteiger partial charge in [-0.25, -0.2) is 13.8 Å². The molecule has 3 aromatic heterocycles. The first-order valence-corrected chi connectivity index (χ1v) is 13.6. The summed E-state index contributed by atoms with van der Waals surface area (Å²) in [7, 11) is -4.32. The number of carbonyl (C=O) groups is 1. The van der Waals surface area contributed by atoms with E-state index in [0.717, 1.165) is 36.2 Å². The number of rotatable bonds is 9. The molecule has 3 heterocycles. The van der Waals surface area contributed by atoms with E-state index in [-0.39, 0.29) is 12.0 Å². The van der Waals surface area contributed by atoms with Crippen molar-refractivity contribution >= 4 is 32.5 Å². The molecule has 192 valence electrons. The second-order valence-electron chi connectivity index (χ2n) is 9.14. The van der Waals surface area contributed by atoms with Crippen LogP contribution < -0.4 is 4.47 Å². The van der Waals surface area contributed by atoms with E-state index in [2.05, 4.69) is 15.0 Å². The molecule has 11 heteroatoms. The van der Waals surface area contributed by atoms with Gasteiger partial charge in [-0.05, 0) is 49.1 Å². The van der Waals surface area contributed by atoms with Crippen LogP contribution >= 0.6 is 0 Å². The molecule has 1 aliphatic rings. The number of H-pyrrole nitrogens is 1. The lowest BCUT2D eigenvalue weighted by Crippen LogP contribution is -3.05. The van der Waals surface area contributed by atoms with E-state index in [1.165, 1.54) is 6.20 Å². The number of nitrogens with zero attached hydrogens (tertiary/aromatic N) is 2. The zero-order chi connectivity index (χ0) is 26.3. The van der Waals surface area contributed by atoms with Crippen LogP contribution in [0.4, 0.5) is 14.5 Å². The molecule has 0 saturated heterocycles. The van der Waals surface area contributed by atoms with Crippen molar-refractivity contribution in [3.8, 4) is 11.1 Å². The average molecular weight is 527 g/mol. The first kappa shape index (κ1) is 25.1. The van der Waals surface area contributed by atoms with Crippen molar-refractivity contribution < 1.29 is 26.5 Å². The summed E-state index contributed by atoms with van der Waals surface area (Å²) in [5.41, 5.74) is 0.926. The summed E-state index contributed by atoms with van der Waals surface area (Å²) in [5, 5.41) is 12.9. The monoisotopic (exact) mass is 526 g/mol. The van der Waals surface area contributed by atoms with Crippen molar-refractivity contribution in [2.24, 2.45) is 0 Å². The average Bonchev–Trinajstić information content (AvgIpc) is 3.66. The fraction of sp³-hybridized carbons (Fsp3) is 0.269. The van der Waals surface area contributed by atoms with Gasteiger partial charge >= 0.3 is 0 Å². The van der Waals surface area contributed by atoms with E-state index < -0.39 is 48.9 Å². The van der Waals surface area contributed by atoms with Crippen molar-refractivity contribution in [1.29, 1.82) is 0 Å². The molecule has 1 unspecified atom stereocenters. The number of aromatic amines is 1. The van der Waals surface area contributed by atoms with Crippen LogP contribution in [0.2, 0.25) is 0 Å².